The van der Waals surface area contributed by atoms with Crippen molar-refractivity contribution in [2.45, 2.75) is 6.42 Å². The van der Waals surface area contributed by atoms with Crippen LogP contribution in [0, 0.1) is 0 Å². The number of nitrogens with two attached hydrogens (primary N) is 2. The van der Waals surface area contributed by atoms with Gasteiger partial charge in [0, 0.05) is 24.3 Å². The highest BCUT2D eigenvalue weighted by Crippen LogP contribution is 1.71. The van der Waals surface area contributed by atoms with Gasteiger partial charge in [-0.05, 0) is 19.5 Å². The summed E-state index contributed by atoms with van der Waals surface area (Å²) in [5.41, 5.74) is 10.1. The van der Waals surface area contributed by atoms with E-state index in [1.165, 1.54) is 0 Å². The van der Waals surface area contributed by atoms with Gasteiger partial charge in [0.1, 0.15) is 0 Å². The van der Waals surface area contributed by atoms with E-state index in [4.69, 9.17) is 31.9 Å². The van der Waals surface area contributed by atoms with E-state index in [0.717, 1.165) is 19.5 Å². The van der Waals surface area contributed by atoms with E-state index >= 15 is 0 Å². The van der Waals surface area contributed by atoms with Gasteiger partial charge in [0.05, 0.1) is 0 Å². The van der Waals surface area contributed by atoms with Crippen molar-refractivity contribution in [3.63, 3.8) is 0 Å². The maximum atomic E-state index is 9.55. The quantitative estimate of drug-likeness (QED) is 0.321. The van der Waals surface area contributed by atoms with E-state index in [-0.39, 0.29) is 0 Å². The number of carbonyl (C=O) groups is 4. The lowest BCUT2D eigenvalue weighted by Gasteiger charge is -1.81. The Kier molecular flexibility index (Phi) is 19.2. The highest BCUT2D eigenvalue weighted by atomic mass is 16.4. The zero-order valence-corrected chi connectivity index (χ0v) is 11.0. The second-order valence-corrected chi connectivity index (χ2v) is 2.95. The standard InChI is InChI=1S/2C4H4O4.C3H10N2/c2*5-3(6)1-2-4(7)8;4-2-1-3-5/h2*1-2H,(H,5,6)(H,7,8);1-5H2/b2*2-1-;. The second kappa shape index (κ2) is 17.3. The lowest BCUT2D eigenvalue weighted by Crippen LogP contribution is -2.06. The summed E-state index contributed by atoms with van der Waals surface area (Å²) >= 11 is 0. The van der Waals surface area contributed by atoms with E-state index in [0.29, 0.717) is 24.3 Å². The molecule has 0 rings (SSSR count). The Morgan fingerprint density at radius 1 is 0.619 bits per heavy atom. The highest BCUT2D eigenvalue weighted by Gasteiger charge is 1.88. The van der Waals surface area contributed by atoms with Crippen molar-refractivity contribution in [2.24, 2.45) is 11.5 Å². The van der Waals surface area contributed by atoms with Crippen LogP contribution < -0.4 is 11.5 Å². The predicted octanol–water partition coefficient (Wildman–Crippen LogP) is -1.28. The Bertz CT molecular complexity index is 322. The topological polar surface area (TPSA) is 201 Å². The normalized spacial score (nSPS) is 9.24. The van der Waals surface area contributed by atoms with Crippen molar-refractivity contribution >= 4 is 23.9 Å². The number of carboxylic acids is 4. The lowest BCUT2D eigenvalue weighted by atomic mass is 10.4. The molecule has 0 spiro atoms. The molecule has 0 amide bonds. The minimum absolute atomic E-state index is 0.558. The van der Waals surface area contributed by atoms with E-state index in [9.17, 15) is 19.2 Å². The summed E-state index contributed by atoms with van der Waals surface area (Å²) in [5, 5.41) is 31.2. The van der Waals surface area contributed by atoms with E-state index in [1.807, 2.05) is 0 Å². The Labute approximate surface area is 120 Å². The van der Waals surface area contributed by atoms with Crippen molar-refractivity contribution in [1.82, 2.24) is 0 Å². The Morgan fingerprint density at radius 3 is 0.857 bits per heavy atom. The van der Waals surface area contributed by atoms with Crippen molar-refractivity contribution in [2.75, 3.05) is 13.1 Å². The summed E-state index contributed by atoms with van der Waals surface area (Å²) in [4.78, 5) is 38.2. The van der Waals surface area contributed by atoms with E-state index < -0.39 is 23.9 Å². The van der Waals surface area contributed by atoms with Crippen LogP contribution in [0.2, 0.25) is 0 Å². The molecule has 0 aromatic carbocycles. The van der Waals surface area contributed by atoms with Gasteiger partial charge in [0.15, 0.2) is 0 Å². The zero-order valence-electron chi connectivity index (χ0n) is 11.0. The second-order valence-electron chi connectivity index (χ2n) is 2.95. The van der Waals surface area contributed by atoms with Gasteiger partial charge in [-0.2, -0.15) is 0 Å². The smallest absolute Gasteiger partial charge is 0.328 e. The molecule has 0 radical (unpaired) electrons. The van der Waals surface area contributed by atoms with Crippen LogP contribution in [0.15, 0.2) is 24.3 Å². The van der Waals surface area contributed by atoms with Crippen LogP contribution in [-0.2, 0) is 19.2 Å². The summed E-state index contributed by atoms with van der Waals surface area (Å²) in [6.07, 6.45) is 3.18. The molecule has 0 unspecified atom stereocenters. The number of hydrogen-bond donors (Lipinski definition) is 6. The Hall–Kier alpha value is -2.72. The molecule has 0 atom stereocenters. The van der Waals surface area contributed by atoms with Crippen LogP contribution >= 0.6 is 0 Å². The van der Waals surface area contributed by atoms with Gasteiger partial charge in [-0.3, -0.25) is 0 Å². The monoisotopic (exact) mass is 306 g/mol. The Balaban J connectivity index is -0.000000239. The van der Waals surface area contributed by atoms with Gasteiger partial charge < -0.3 is 31.9 Å². The van der Waals surface area contributed by atoms with Crippen LogP contribution in [0.1, 0.15) is 6.42 Å². The SMILES string of the molecule is NCCCN.O=C(O)/C=C\C(=O)O.O=C(O)/C=C\C(=O)O. The molecule has 0 heterocycles. The molecule has 10 nitrogen and oxygen atoms in total. The fraction of sp³-hybridized carbons (Fsp3) is 0.273. The maximum absolute atomic E-state index is 9.55. The molecule has 0 aromatic rings. The summed E-state index contributed by atoms with van der Waals surface area (Å²) in [6, 6.07) is 0. The van der Waals surface area contributed by atoms with Gasteiger partial charge >= 0.3 is 23.9 Å². The molecule has 0 aliphatic rings. The molecule has 10 heteroatoms. The number of carboxylic acid groups (broad SMARTS) is 4. The molecule has 0 saturated heterocycles. The van der Waals surface area contributed by atoms with Crippen molar-refractivity contribution in [3.8, 4) is 0 Å². The molecule has 0 aliphatic carbocycles. The lowest BCUT2D eigenvalue weighted by molar-refractivity contribution is -0.134. The molecule has 0 aromatic heterocycles. The average molecular weight is 306 g/mol. The summed E-state index contributed by atoms with van der Waals surface area (Å²) < 4.78 is 0. The third-order valence-electron chi connectivity index (χ3n) is 1.15. The third-order valence-corrected chi connectivity index (χ3v) is 1.15. The average Bonchev–Trinajstić information content (AvgIpc) is 2.36. The van der Waals surface area contributed by atoms with Gasteiger partial charge in [-0.25, -0.2) is 19.2 Å². The predicted molar refractivity (Wildman–Crippen MR) is 71.5 cm³/mol. The summed E-state index contributed by atoms with van der Waals surface area (Å²) in [5.74, 6) is -5.03. The van der Waals surface area contributed by atoms with Crippen molar-refractivity contribution in [3.05, 3.63) is 24.3 Å². The molecule has 120 valence electrons. The molecule has 0 aliphatic heterocycles. The van der Waals surface area contributed by atoms with Gasteiger partial charge in [-0.1, -0.05) is 0 Å². The van der Waals surface area contributed by atoms with Crippen molar-refractivity contribution < 1.29 is 39.6 Å². The molecule has 8 N–H and O–H groups in total. The minimum Gasteiger partial charge on any atom is -0.478 e. The van der Waals surface area contributed by atoms with Gasteiger partial charge in [0.25, 0.3) is 0 Å². The van der Waals surface area contributed by atoms with Crippen LogP contribution in [-0.4, -0.2) is 57.4 Å². The van der Waals surface area contributed by atoms with Crippen molar-refractivity contribution in [1.29, 1.82) is 0 Å². The molecule has 21 heavy (non-hydrogen) atoms. The first kappa shape index (κ1) is 23.4. The Morgan fingerprint density at radius 2 is 0.810 bits per heavy atom. The van der Waals surface area contributed by atoms with Crippen LogP contribution in [0.4, 0.5) is 0 Å². The highest BCUT2D eigenvalue weighted by molar-refractivity contribution is 5.90. The molecular formula is C11H18N2O8. The minimum atomic E-state index is -1.26. The van der Waals surface area contributed by atoms with Gasteiger partial charge in [-0.15, -0.1) is 0 Å². The van der Waals surface area contributed by atoms with Crippen LogP contribution in [0.25, 0.3) is 0 Å². The summed E-state index contributed by atoms with van der Waals surface area (Å²) in [6.45, 7) is 1.44. The first-order valence-corrected chi connectivity index (χ1v) is 5.35. The first-order valence-electron chi connectivity index (χ1n) is 5.35. The summed E-state index contributed by atoms with van der Waals surface area (Å²) in [7, 11) is 0. The maximum Gasteiger partial charge on any atom is 0.328 e. The molecular weight excluding hydrogens is 288 g/mol. The molecule has 0 fully saturated rings. The van der Waals surface area contributed by atoms with Crippen LogP contribution in [0.5, 0.6) is 0 Å². The zero-order chi connectivity index (χ0) is 17.3. The molecule has 0 saturated carbocycles. The third kappa shape index (κ3) is 46.8. The number of rotatable bonds is 6. The van der Waals surface area contributed by atoms with E-state index in [1.54, 1.807) is 0 Å². The molecule has 0 bridgehead atoms. The fourth-order valence-corrected chi connectivity index (χ4v) is 0.403. The van der Waals surface area contributed by atoms with E-state index in [2.05, 4.69) is 0 Å². The number of aliphatic carboxylic acids is 4. The largest absolute Gasteiger partial charge is 0.478 e. The number of hydrogen-bond acceptors (Lipinski definition) is 6. The first-order chi connectivity index (χ1) is 9.67. The fourth-order valence-electron chi connectivity index (χ4n) is 0.403. The van der Waals surface area contributed by atoms with Gasteiger partial charge in [0.2, 0.25) is 0 Å². The van der Waals surface area contributed by atoms with Crippen LogP contribution in [0.3, 0.4) is 0 Å².